The third-order valence-corrected chi connectivity index (χ3v) is 3.96. The molecule has 0 aliphatic rings. The number of benzene rings is 2. The van der Waals surface area contributed by atoms with Gasteiger partial charge in [-0.15, -0.1) is 11.6 Å². The smallest absolute Gasteiger partial charge is 0.127 e. The van der Waals surface area contributed by atoms with Crippen molar-refractivity contribution in [3.05, 3.63) is 60.2 Å². The van der Waals surface area contributed by atoms with Crippen molar-refractivity contribution in [2.24, 2.45) is 5.92 Å². The molecule has 0 aliphatic carbocycles. The zero-order valence-corrected chi connectivity index (χ0v) is 12.8. The first-order valence-corrected chi connectivity index (χ1v) is 7.59. The number of alkyl halides is 1. The fraction of sp³-hybridized carbons (Fsp3) is 0.333. The molecule has 106 valence electrons. The van der Waals surface area contributed by atoms with Gasteiger partial charge >= 0.3 is 0 Å². The second kappa shape index (κ2) is 7.35. The maximum atomic E-state index is 6.45. The van der Waals surface area contributed by atoms with Crippen LogP contribution in [0.3, 0.4) is 0 Å². The van der Waals surface area contributed by atoms with Crippen molar-refractivity contribution in [1.29, 1.82) is 0 Å². The van der Waals surface area contributed by atoms with Crippen molar-refractivity contribution < 1.29 is 4.74 Å². The monoisotopic (exact) mass is 288 g/mol. The summed E-state index contributed by atoms with van der Waals surface area (Å²) in [5, 5.41) is 0.0794. The zero-order chi connectivity index (χ0) is 14.4. The SMILES string of the molecule is CCC(C)CC(Cl)c1ccc(Oc2ccccc2)cc1. The van der Waals surface area contributed by atoms with Gasteiger partial charge in [-0.2, -0.15) is 0 Å². The molecule has 2 rings (SSSR count). The molecule has 0 fully saturated rings. The number of para-hydroxylation sites is 1. The Kier molecular flexibility index (Phi) is 5.49. The molecule has 0 radical (unpaired) electrons. The van der Waals surface area contributed by atoms with Crippen LogP contribution in [0.25, 0.3) is 0 Å². The van der Waals surface area contributed by atoms with Gasteiger partial charge in [-0.3, -0.25) is 0 Å². The molecule has 20 heavy (non-hydrogen) atoms. The first kappa shape index (κ1) is 14.9. The van der Waals surface area contributed by atoms with Crippen molar-refractivity contribution in [2.45, 2.75) is 32.1 Å². The molecule has 1 nitrogen and oxygen atoms in total. The molecule has 0 bridgehead atoms. The van der Waals surface area contributed by atoms with Crippen molar-refractivity contribution in [2.75, 3.05) is 0 Å². The molecule has 0 N–H and O–H groups in total. The van der Waals surface area contributed by atoms with Crippen LogP contribution < -0.4 is 4.74 Å². The quantitative estimate of drug-likeness (QED) is 0.575. The zero-order valence-electron chi connectivity index (χ0n) is 12.1. The van der Waals surface area contributed by atoms with Gasteiger partial charge in [-0.1, -0.05) is 50.6 Å². The molecule has 0 amide bonds. The van der Waals surface area contributed by atoms with Crippen molar-refractivity contribution in [3.63, 3.8) is 0 Å². The molecule has 0 saturated carbocycles. The highest BCUT2D eigenvalue weighted by molar-refractivity contribution is 6.20. The maximum absolute atomic E-state index is 6.45. The van der Waals surface area contributed by atoms with Gasteiger partial charge in [0.2, 0.25) is 0 Å². The van der Waals surface area contributed by atoms with Gasteiger partial charge in [0.05, 0.1) is 5.38 Å². The highest BCUT2D eigenvalue weighted by atomic mass is 35.5. The van der Waals surface area contributed by atoms with E-state index in [0.29, 0.717) is 5.92 Å². The van der Waals surface area contributed by atoms with E-state index in [4.69, 9.17) is 16.3 Å². The minimum atomic E-state index is 0.0794. The summed E-state index contributed by atoms with van der Waals surface area (Å²) in [5.74, 6) is 2.34. The Morgan fingerprint density at radius 1 is 0.950 bits per heavy atom. The van der Waals surface area contributed by atoms with Crippen LogP contribution in [0.5, 0.6) is 11.5 Å². The summed E-state index contributed by atoms with van der Waals surface area (Å²) in [6.07, 6.45) is 2.18. The molecule has 2 atom stereocenters. The average Bonchev–Trinajstić information content (AvgIpc) is 2.49. The van der Waals surface area contributed by atoms with E-state index in [1.165, 1.54) is 6.42 Å². The molecule has 0 aromatic heterocycles. The van der Waals surface area contributed by atoms with E-state index in [9.17, 15) is 0 Å². The van der Waals surface area contributed by atoms with Crippen molar-refractivity contribution in [3.8, 4) is 11.5 Å². The van der Waals surface area contributed by atoms with E-state index in [0.717, 1.165) is 23.5 Å². The number of halogens is 1. The fourth-order valence-corrected chi connectivity index (χ4v) is 2.47. The van der Waals surface area contributed by atoms with Gasteiger partial charge in [-0.25, -0.2) is 0 Å². The van der Waals surface area contributed by atoms with Crippen LogP contribution in [0.2, 0.25) is 0 Å². The van der Waals surface area contributed by atoms with Gasteiger partial charge < -0.3 is 4.74 Å². The topological polar surface area (TPSA) is 9.23 Å². The first-order valence-electron chi connectivity index (χ1n) is 7.16. The highest BCUT2D eigenvalue weighted by Crippen LogP contribution is 2.31. The second-order valence-corrected chi connectivity index (χ2v) is 5.73. The predicted molar refractivity (Wildman–Crippen MR) is 85.6 cm³/mol. The third-order valence-electron chi connectivity index (χ3n) is 3.53. The molecule has 0 heterocycles. The molecule has 2 heteroatoms. The predicted octanol–water partition coefficient (Wildman–Crippen LogP) is 6.20. The lowest BCUT2D eigenvalue weighted by Gasteiger charge is -2.15. The maximum Gasteiger partial charge on any atom is 0.127 e. The van der Waals surface area contributed by atoms with Gasteiger partial charge in [0.1, 0.15) is 11.5 Å². The van der Waals surface area contributed by atoms with Gasteiger partial charge in [-0.05, 0) is 42.2 Å². The Bertz CT molecular complexity index is 507. The normalized spacial score (nSPS) is 13.8. The molecule has 0 spiro atoms. The Balaban J connectivity index is 1.99. The summed E-state index contributed by atoms with van der Waals surface area (Å²) in [6.45, 7) is 4.44. The molecule has 2 aromatic carbocycles. The summed E-state index contributed by atoms with van der Waals surface area (Å²) in [7, 11) is 0. The molecule has 0 saturated heterocycles. The Labute approximate surface area is 126 Å². The van der Waals surface area contributed by atoms with E-state index in [1.54, 1.807) is 0 Å². The van der Waals surface area contributed by atoms with Gasteiger partial charge in [0.25, 0.3) is 0 Å². The number of ether oxygens (including phenoxy) is 1. The highest BCUT2D eigenvalue weighted by Gasteiger charge is 2.11. The van der Waals surface area contributed by atoms with Crippen LogP contribution in [0.4, 0.5) is 0 Å². The standard InChI is InChI=1S/C18H21ClO/c1-3-14(2)13-18(19)15-9-11-17(12-10-15)20-16-7-5-4-6-8-16/h4-12,14,18H,3,13H2,1-2H3. The van der Waals surface area contributed by atoms with Crippen molar-refractivity contribution in [1.82, 2.24) is 0 Å². The van der Waals surface area contributed by atoms with E-state index >= 15 is 0 Å². The summed E-state index contributed by atoms with van der Waals surface area (Å²) >= 11 is 6.45. The number of hydrogen-bond acceptors (Lipinski definition) is 1. The Morgan fingerprint density at radius 2 is 1.55 bits per heavy atom. The minimum Gasteiger partial charge on any atom is -0.457 e. The van der Waals surface area contributed by atoms with Gasteiger partial charge in [0.15, 0.2) is 0 Å². The number of hydrogen-bond donors (Lipinski definition) is 0. The third kappa shape index (κ3) is 4.28. The lowest BCUT2D eigenvalue weighted by atomic mass is 9.98. The molecule has 0 aliphatic heterocycles. The van der Waals surface area contributed by atoms with Crippen LogP contribution in [0.1, 0.15) is 37.6 Å². The molecular formula is C18H21ClO. The Morgan fingerprint density at radius 3 is 2.15 bits per heavy atom. The van der Waals surface area contributed by atoms with Gasteiger partial charge in [0, 0.05) is 0 Å². The van der Waals surface area contributed by atoms with Crippen LogP contribution in [-0.4, -0.2) is 0 Å². The van der Waals surface area contributed by atoms with E-state index < -0.39 is 0 Å². The van der Waals surface area contributed by atoms with E-state index in [-0.39, 0.29) is 5.38 Å². The lowest BCUT2D eigenvalue weighted by Crippen LogP contribution is -1.99. The van der Waals surface area contributed by atoms with E-state index in [1.807, 2.05) is 42.5 Å². The fourth-order valence-electron chi connectivity index (χ4n) is 2.03. The molecule has 2 unspecified atom stereocenters. The largest absolute Gasteiger partial charge is 0.457 e. The summed E-state index contributed by atoms with van der Waals surface area (Å²) in [4.78, 5) is 0. The van der Waals surface area contributed by atoms with Crippen LogP contribution in [-0.2, 0) is 0 Å². The van der Waals surface area contributed by atoms with E-state index in [2.05, 4.69) is 26.0 Å². The summed E-state index contributed by atoms with van der Waals surface area (Å²) in [5.41, 5.74) is 1.16. The Hall–Kier alpha value is -1.47. The molecular weight excluding hydrogens is 268 g/mol. The second-order valence-electron chi connectivity index (χ2n) is 5.20. The average molecular weight is 289 g/mol. The minimum absolute atomic E-state index is 0.0794. The molecule has 2 aromatic rings. The lowest BCUT2D eigenvalue weighted by molar-refractivity contribution is 0.481. The first-order chi connectivity index (χ1) is 9.69. The van der Waals surface area contributed by atoms with Crippen LogP contribution in [0.15, 0.2) is 54.6 Å². The summed E-state index contributed by atoms with van der Waals surface area (Å²) < 4.78 is 5.77. The van der Waals surface area contributed by atoms with Crippen LogP contribution >= 0.6 is 11.6 Å². The van der Waals surface area contributed by atoms with Crippen molar-refractivity contribution >= 4 is 11.6 Å². The summed E-state index contributed by atoms with van der Waals surface area (Å²) in [6, 6.07) is 17.9. The number of rotatable bonds is 6. The van der Waals surface area contributed by atoms with Crippen LogP contribution in [0, 0.1) is 5.92 Å².